The number of anilines is 3. The van der Waals surface area contributed by atoms with Gasteiger partial charge >= 0.3 is 0 Å². The van der Waals surface area contributed by atoms with Crippen LogP contribution in [0.2, 0.25) is 0 Å². The van der Waals surface area contributed by atoms with Crippen molar-refractivity contribution in [3.05, 3.63) is 238 Å². The van der Waals surface area contributed by atoms with E-state index in [1.165, 1.54) is 79.6 Å². The van der Waals surface area contributed by atoms with Crippen LogP contribution in [0.25, 0.3) is 22.3 Å². The molecule has 8 aromatic carbocycles. The van der Waals surface area contributed by atoms with E-state index in [0.29, 0.717) is 6.61 Å². The Labute approximate surface area is 386 Å². The van der Waals surface area contributed by atoms with Gasteiger partial charge in [-0.2, -0.15) is 0 Å². The smallest absolute Gasteiger partial charge is 0.119 e. The van der Waals surface area contributed by atoms with Crippen molar-refractivity contribution in [1.29, 1.82) is 0 Å². The zero-order valence-electron chi connectivity index (χ0n) is 38.7. The molecule has 3 nitrogen and oxygen atoms in total. The summed E-state index contributed by atoms with van der Waals surface area (Å²) in [4.78, 5) is 2.45. The van der Waals surface area contributed by atoms with Gasteiger partial charge in [0.1, 0.15) is 12.4 Å². The summed E-state index contributed by atoms with van der Waals surface area (Å²) in [6.07, 6.45) is 3.43. The third-order valence-electron chi connectivity index (χ3n) is 14.9. The maximum absolute atomic E-state index is 6.50. The minimum atomic E-state index is -0.587. The second kappa shape index (κ2) is 16.7. The first kappa shape index (κ1) is 42.3. The van der Waals surface area contributed by atoms with Gasteiger partial charge in [-0.15, -0.1) is 0 Å². The third kappa shape index (κ3) is 7.18. The molecule has 2 atom stereocenters. The number of fused-ring (bicyclic) bond motifs is 6. The SMILES string of the molecule is CCCCc1ccc(C2(c3ccc(OCc4ccc(C(C)(C)C(C)N)cc4)cc3)c3ccccc3-c3ccc(N(c4ccccc4)c4ccc5c(c4)C(C)(C)c4ccccc4-5)cc32)cc1. The van der Waals surface area contributed by atoms with E-state index in [1.807, 2.05) is 0 Å². The van der Waals surface area contributed by atoms with Crippen molar-refractivity contribution >= 4 is 17.1 Å². The minimum Gasteiger partial charge on any atom is -0.489 e. The molecule has 3 heteroatoms. The van der Waals surface area contributed by atoms with Crippen LogP contribution < -0.4 is 15.4 Å². The normalized spacial score (nSPS) is 16.0. The van der Waals surface area contributed by atoms with Crippen molar-refractivity contribution in [3.8, 4) is 28.0 Å². The number of aryl methyl sites for hydroxylation is 1. The Balaban J connectivity index is 1.10. The van der Waals surface area contributed by atoms with Gasteiger partial charge in [-0.3, -0.25) is 0 Å². The van der Waals surface area contributed by atoms with Crippen LogP contribution in [0.5, 0.6) is 5.75 Å². The van der Waals surface area contributed by atoms with Crippen molar-refractivity contribution < 1.29 is 4.74 Å². The molecule has 0 bridgehead atoms. The summed E-state index contributed by atoms with van der Waals surface area (Å²) in [5.41, 5.74) is 25.6. The molecular weight excluding hydrogens is 789 g/mol. The van der Waals surface area contributed by atoms with Crippen LogP contribution in [0.4, 0.5) is 17.1 Å². The van der Waals surface area contributed by atoms with Gasteiger partial charge in [-0.05, 0) is 141 Å². The van der Waals surface area contributed by atoms with Crippen LogP contribution in [-0.4, -0.2) is 6.04 Å². The highest BCUT2D eigenvalue weighted by Crippen LogP contribution is 2.58. The number of para-hydroxylation sites is 1. The molecule has 0 heterocycles. The fourth-order valence-corrected chi connectivity index (χ4v) is 10.6. The molecular formula is C62H60N2O. The Morgan fingerprint density at radius 1 is 0.538 bits per heavy atom. The number of hydrogen-bond donors (Lipinski definition) is 1. The quantitative estimate of drug-likeness (QED) is 0.126. The summed E-state index contributed by atoms with van der Waals surface area (Å²) < 4.78 is 6.50. The maximum atomic E-state index is 6.50. The first-order chi connectivity index (χ1) is 31.5. The lowest BCUT2D eigenvalue weighted by atomic mass is 9.67. The average molecular weight is 849 g/mol. The summed E-state index contributed by atoms with van der Waals surface area (Å²) in [7, 11) is 0. The summed E-state index contributed by atoms with van der Waals surface area (Å²) in [6, 6.07) is 70.2. The molecule has 0 radical (unpaired) electrons. The first-order valence-corrected chi connectivity index (χ1v) is 23.5. The number of rotatable bonds is 13. The van der Waals surface area contributed by atoms with Crippen molar-refractivity contribution in [1.82, 2.24) is 0 Å². The monoisotopic (exact) mass is 848 g/mol. The molecule has 0 aliphatic heterocycles. The van der Waals surface area contributed by atoms with Crippen LogP contribution in [-0.2, 0) is 29.3 Å². The van der Waals surface area contributed by atoms with E-state index in [4.69, 9.17) is 10.5 Å². The van der Waals surface area contributed by atoms with E-state index in [1.54, 1.807) is 0 Å². The summed E-state index contributed by atoms with van der Waals surface area (Å²) in [5, 5.41) is 0. The van der Waals surface area contributed by atoms with Crippen molar-refractivity contribution in [3.63, 3.8) is 0 Å². The molecule has 2 aliphatic carbocycles. The highest BCUT2D eigenvalue weighted by molar-refractivity contribution is 5.90. The Kier molecular flexibility index (Phi) is 10.9. The van der Waals surface area contributed by atoms with Gasteiger partial charge < -0.3 is 15.4 Å². The van der Waals surface area contributed by atoms with Gasteiger partial charge in [0.15, 0.2) is 0 Å². The van der Waals surface area contributed by atoms with Gasteiger partial charge in [0.25, 0.3) is 0 Å². The molecule has 10 rings (SSSR count). The van der Waals surface area contributed by atoms with E-state index in [-0.39, 0.29) is 16.9 Å². The molecule has 0 aromatic heterocycles. The number of hydrogen-bond acceptors (Lipinski definition) is 3. The first-order valence-electron chi connectivity index (χ1n) is 23.5. The lowest BCUT2D eigenvalue weighted by Gasteiger charge is -2.35. The second-order valence-electron chi connectivity index (χ2n) is 19.4. The molecule has 0 fully saturated rings. The topological polar surface area (TPSA) is 38.5 Å². The molecule has 65 heavy (non-hydrogen) atoms. The molecule has 0 spiro atoms. The molecule has 2 aliphatic rings. The van der Waals surface area contributed by atoms with Gasteiger partial charge in [0.2, 0.25) is 0 Å². The largest absolute Gasteiger partial charge is 0.489 e. The van der Waals surface area contributed by atoms with Crippen LogP contribution in [0.3, 0.4) is 0 Å². The maximum Gasteiger partial charge on any atom is 0.119 e. The summed E-state index contributed by atoms with van der Waals surface area (Å²) in [6.45, 7) is 14.0. The average Bonchev–Trinajstić information content (AvgIpc) is 3.76. The molecule has 0 amide bonds. The lowest BCUT2D eigenvalue weighted by molar-refractivity contribution is 0.306. The molecule has 8 aromatic rings. The van der Waals surface area contributed by atoms with E-state index >= 15 is 0 Å². The molecule has 0 saturated heterocycles. The molecule has 2 N–H and O–H groups in total. The number of benzene rings is 8. The van der Waals surface area contributed by atoms with E-state index < -0.39 is 5.41 Å². The predicted octanol–water partition coefficient (Wildman–Crippen LogP) is 15.4. The fraction of sp³-hybridized carbons (Fsp3) is 0.226. The Morgan fingerprint density at radius 3 is 1.69 bits per heavy atom. The summed E-state index contributed by atoms with van der Waals surface area (Å²) >= 11 is 0. The van der Waals surface area contributed by atoms with Gasteiger partial charge in [0.05, 0.1) is 5.41 Å². The van der Waals surface area contributed by atoms with Gasteiger partial charge in [-0.1, -0.05) is 181 Å². The van der Waals surface area contributed by atoms with Crippen LogP contribution >= 0.6 is 0 Å². The van der Waals surface area contributed by atoms with E-state index in [2.05, 4.69) is 234 Å². The second-order valence-corrected chi connectivity index (χ2v) is 19.4. The molecule has 2 unspecified atom stereocenters. The zero-order valence-corrected chi connectivity index (χ0v) is 38.7. The van der Waals surface area contributed by atoms with Crippen molar-refractivity contribution in [2.75, 3.05) is 4.90 Å². The van der Waals surface area contributed by atoms with Crippen LogP contribution in [0, 0.1) is 0 Å². The molecule has 324 valence electrons. The Bertz CT molecular complexity index is 2980. The Hall–Kier alpha value is -6.68. The van der Waals surface area contributed by atoms with Gasteiger partial charge in [0, 0.05) is 33.9 Å². The van der Waals surface area contributed by atoms with E-state index in [9.17, 15) is 0 Å². The van der Waals surface area contributed by atoms with Gasteiger partial charge in [-0.25, -0.2) is 0 Å². The lowest BCUT2D eigenvalue weighted by Crippen LogP contribution is -2.38. The fourth-order valence-electron chi connectivity index (χ4n) is 10.6. The van der Waals surface area contributed by atoms with Crippen LogP contribution in [0.15, 0.2) is 188 Å². The summed E-state index contributed by atoms with van der Waals surface area (Å²) in [5.74, 6) is 0.844. The highest BCUT2D eigenvalue weighted by atomic mass is 16.5. The zero-order chi connectivity index (χ0) is 44.9. The van der Waals surface area contributed by atoms with Crippen molar-refractivity contribution in [2.24, 2.45) is 5.73 Å². The third-order valence-corrected chi connectivity index (χ3v) is 14.9. The number of nitrogens with zero attached hydrogens (tertiary/aromatic N) is 1. The number of nitrogens with two attached hydrogens (primary N) is 1. The van der Waals surface area contributed by atoms with Crippen LogP contribution in [0.1, 0.15) is 104 Å². The van der Waals surface area contributed by atoms with E-state index in [0.717, 1.165) is 34.8 Å². The van der Waals surface area contributed by atoms with Crippen molar-refractivity contribution in [2.45, 2.75) is 89.7 Å². The highest BCUT2D eigenvalue weighted by Gasteiger charge is 2.46. The number of ether oxygens (including phenoxy) is 1. The Morgan fingerprint density at radius 2 is 1.06 bits per heavy atom. The minimum absolute atomic E-state index is 0.0506. The standard InChI is InChI=1S/C62H60N2O/c1-7-8-16-43-23-29-46(30-24-43)62(47-31-35-51(36-32-47)65-41-44-25-27-45(28-26-44)60(3,4)42(2)63)57-22-15-13-20-53(57)55-38-34-50(40-59(55)62)64(48-17-10-9-11-18-48)49-33-37-54-52-19-12-14-21-56(52)61(5,6)58(54)39-49/h9-15,17-40,42H,7-8,16,41,63H2,1-6H3. The molecule has 0 saturated carbocycles. The predicted molar refractivity (Wildman–Crippen MR) is 272 cm³/mol. The number of unbranched alkanes of at least 4 members (excludes halogenated alkanes) is 1.